The summed E-state index contributed by atoms with van der Waals surface area (Å²) in [5.41, 5.74) is 4.11. The van der Waals surface area contributed by atoms with Gasteiger partial charge in [-0.25, -0.2) is 4.98 Å². The summed E-state index contributed by atoms with van der Waals surface area (Å²) >= 11 is 6.10. The number of Topliss-reactive ketones (excluding diaryl/α,β-unsaturated/α-hetero) is 1. The van der Waals surface area contributed by atoms with Crippen LogP contribution in [0.25, 0.3) is 5.65 Å². The van der Waals surface area contributed by atoms with Gasteiger partial charge in [0.1, 0.15) is 17.1 Å². The number of fused-ring (bicyclic) bond motifs is 1. The van der Waals surface area contributed by atoms with E-state index in [2.05, 4.69) is 15.2 Å². The molecule has 3 heterocycles. The fourth-order valence-corrected chi connectivity index (χ4v) is 3.82. The molecule has 1 saturated heterocycles. The average Bonchev–Trinajstić information content (AvgIpc) is 3.11. The van der Waals surface area contributed by atoms with Crippen LogP contribution in [0.15, 0.2) is 42.6 Å². The van der Waals surface area contributed by atoms with E-state index in [1.807, 2.05) is 37.3 Å². The van der Waals surface area contributed by atoms with Crippen LogP contribution in [0.4, 0.5) is 5.69 Å². The highest BCUT2D eigenvalue weighted by Gasteiger charge is 2.19. The van der Waals surface area contributed by atoms with Crippen LogP contribution in [-0.4, -0.2) is 34.2 Å². The molecule has 0 radical (unpaired) electrons. The Kier molecular flexibility index (Phi) is 5.53. The molecule has 3 aromatic rings. The number of nitrogens with one attached hydrogen (secondary N) is 1. The number of halogens is 1. The summed E-state index contributed by atoms with van der Waals surface area (Å²) in [6.07, 6.45) is 3.60. The quantitative estimate of drug-likeness (QED) is 0.697. The summed E-state index contributed by atoms with van der Waals surface area (Å²) in [6, 6.07) is 11.7. The first-order chi connectivity index (χ1) is 14.0. The number of anilines is 1. The molecule has 7 heteroatoms. The van der Waals surface area contributed by atoms with Gasteiger partial charge in [0.15, 0.2) is 0 Å². The summed E-state index contributed by atoms with van der Waals surface area (Å²) < 4.78 is 1.75. The smallest absolute Gasteiger partial charge is 0.270 e. The summed E-state index contributed by atoms with van der Waals surface area (Å²) in [7, 11) is 0. The Morgan fingerprint density at radius 1 is 1.14 bits per heavy atom. The Balaban J connectivity index is 1.45. The third kappa shape index (κ3) is 4.12. The zero-order chi connectivity index (χ0) is 20.4. The number of hydrogen-bond acceptors (Lipinski definition) is 4. The van der Waals surface area contributed by atoms with Crippen LogP contribution < -0.4 is 10.2 Å². The molecular weight excluding hydrogens is 388 g/mol. The number of pyridine rings is 1. The van der Waals surface area contributed by atoms with E-state index in [0.29, 0.717) is 48.0 Å². The van der Waals surface area contributed by atoms with Crippen LogP contribution in [0.2, 0.25) is 5.02 Å². The standard InChI is InChI=1S/C22H23ClN4O2/c1-2-19-21(27-14-16(23)5-8-20(27)25-19)22(29)24-13-15-3-6-17(7-4-15)26-11-9-18(28)10-12-26/h3-8,14H,2,9-13H2,1H3,(H,24,29). The van der Waals surface area contributed by atoms with Crippen molar-refractivity contribution in [2.24, 2.45) is 0 Å². The monoisotopic (exact) mass is 410 g/mol. The van der Waals surface area contributed by atoms with Gasteiger partial charge < -0.3 is 10.2 Å². The maximum absolute atomic E-state index is 12.9. The van der Waals surface area contributed by atoms with Crippen LogP contribution in [0.3, 0.4) is 0 Å². The van der Waals surface area contributed by atoms with Crippen molar-refractivity contribution in [3.8, 4) is 0 Å². The molecule has 2 aromatic heterocycles. The molecule has 0 unspecified atom stereocenters. The third-order valence-electron chi connectivity index (χ3n) is 5.28. The van der Waals surface area contributed by atoms with Gasteiger partial charge in [-0.1, -0.05) is 30.7 Å². The van der Waals surface area contributed by atoms with Gasteiger partial charge in [0.2, 0.25) is 0 Å². The number of ketones is 1. The number of aromatic nitrogens is 2. The lowest BCUT2D eigenvalue weighted by Gasteiger charge is -2.28. The first kappa shape index (κ1) is 19.5. The van der Waals surface area contributed by atoms with E-state index in [9.17, 15) is 9.59 Å². The van der Waals surface area contributed by atoms with Crippen molar-refractivity contribution in [3.63, 3.8) is 0 Å². The van der Waals surface area contributed by atoms with Gasteiger partial charge in [-0.05, 0) is 36.2 Å². The largest absolute Gasteiger partial charge is 0.371 e. The molecule has 0 saturated carbocycles. The van der Waals surface area contributed by atoms with Crippen molar-refractivity contribution < 1.29 is 9.59 Å². The highest BCUT2D eigenvalue weighted by molar-refractivity contribution is 6.30. The van der Waals surface area contributed by atoms with Gasteiger partial charge in [-0.2, -0.15) is 0 Å². The van der Waals surface area contributed by atoms with Crippen molar-refractivity contribution in [1.82, 2.24) is 14.7 Å². The number of piperidine rings is 1. The van der Waals surface area contributed by atoms with E-state index in [4.69, 9.17) is 11.6 Å². The number of hydrogen-bond donors (Lipinski definition) is 1. The SMILES string of the molecule is CCc1nc2ccc(Cl)cn2c1C(=O)NCc1ccc(N2CCC(=O)CC2)cc1. The van der Waals surface area contributed by atoms with Crippen LogP contribution >= 0.6 is 11.6 Å². The van der Waals surface area contributed by atoms with Crippen LogP contribution in [0, 0.1) is 0 Å². The number of carbonyl (C=O) groups is 2. The van der Waals surface area contributed by atoms with Crippen molar-refractivity contribution in [3.05, 3.63) is 64.6 Å². The molecule has 1 amide bonds. The molecular formula is C22H23ClN4O2. The van der Waals surface area contributed by atoms with Gasteiger partial charge >= 0.3 is 0 Å². The molecule has 1 N–H and O–H groups in total. The summed E-state index contributed by atoms with van der Waals surface area (Å²) in [5, 5.41) is 3.55. The predicted molar refractivity (Wildman–Crippen MR) is 114 cm³/mol. The first-order valence-corrected chi connectivity index (χ1v) is 10.2. The minimum absolute atomic E-state index is 0.171. The number of aryl methyl sites for hydroxylation is 1. The Bertz CT molecular complexity index is 1050. The second-order valence-electron chi connectivity index (χ2n) is 7.21. The number of benzene rings is 1. The lowest BCUT2D eigenvalue weighted by atomic mass is 10.1. The number of carbonyl (C=O) groups excluding carboxylic acids is 2. The van der Waals surface area contributed by atoms with E-state index in [0.717, 1.165) is 30.0 Å². The molecule has 1 aliphatic rings. The minimum Gasteiger partial charge on any atom is -0.371 e. The first-order valence-electron chi connectivity index (χ1n) is 9.85. The van der Waals surface area contributed by atoms with E-state index in [1.165, 1.54) is 0 Å². The summed E-state index contributed by atoms with van der Waals surface area (Å²) in [6.45, 7) is 3.94. The van der Waals surface area contributed by atoms with E-state index in [-0.39, 0.29) is 5.91 Å². The molecule has 29 heavy (non-hydrogen) atoms. The van der Waals surface area contributed by atoms with Crippen molar-refractivity contribution in [2.45, 2.75) is 32.7 Å². The Hall–Kier alpha value is -2.86. The topological polar surface area (TPSA) is 66.7 Å². The third-order valence-corrected chi connectivity index (χ3v) is 5.50. The fourth-order valence-electron chi connectivity index (χ4n) is 3.66. The predicted octanol–water partition coefficient (Wildman–Crippen LogP) is 3.65. The maximum atomic E-state index is 12.9. The van der Waals surface area contributed by atoms with E-state index in [1.54, 1.807) is 16.7 Å². The maximum Gasteiger partial charge on any atom is 0.270 e. The number of imidazole rings is 1. The van der Waals surface area contributed by atoms with Crippen LogP contribution in [0.5, 0.6) is 0 Å². The molecule has 0 bridgehead atoms. The zero-order valence-corrected chi connectivity index (χ0v) is 17.1. The number of rotatable bonds is 5. The molecule has 1 fully saturated rings. The zero-order valence-electron chi connectivity index (χ0n) is 16.3. The van der Waals surface area contributed by atoms with Crippen molar-refractivity contribution in [2.75, 3.05) is 18.0 Å². The number of nitrogens with zero attached hydrogens (tertiary/aromatic N) is 3. The molecule has 1 aliphatic heterocycles. The summed E-state index contributed by atoms with van der Waals surface area (Å²) in [4.78, 5) is 31.0. The normalized spacial score (nSPS) is 14.4. The molecule has 1 aromatic carbocycles. The Morgan fingerprint density at radius 3 is 2.55 bits per heavy atom. The second-order valence-corrected chi connectivity index (χ2v) is 7.65. The minimum atomic E-state index is -0.171. The lowest BCUT2D eigenvalue weighted by molar-refractivity contribution is -0.119. The fraction of sp³-hybridized carbons (Fsp3) is 0.318. The molecule has 150 valence electrons. The van der Waals surface area contributed by atoms with Crippen LogP contribution in [0.1, 0.15) is 41.5 Å². The van der Waals surface area contributed by atoms with Crippen molar-refractivity contribution >= 4 is 34.6 Å². The molecule has 0 aliphatic carbocycles. The molecule has 4 rings (SSSR count). The lowest BCUT2D eigenvalue weighted by Crippen LogP contribution is -2.33. The van der Waals surface area contributed by atoms with E-state index >= 15 is 0 Å². The Morgan fingerprint density at radius 2 is 1.86 bits per heavy atom. The van der Waals surface area contributed by atoms with Crippen molar-refractivity contribution in [1.29, 1.82) is 0 Å². The molecule has 0 spiro atoms. The molecule has 6 nitrogen and oxygen atoms in total. The van der Waals surface area contributed by atoms with E-state index < -0.39 is 0 Å². The Labute approximate surface area is 174 Å². The van der Waals surface area contributed by atoms with Gasteiger partial charge in [-0.3, -0.25) is 14.0 Å². The van der Waals surface area contributed by atoms with Crippen LogP contribution in [-0.2, 0) is 17.8 Å². The average molecular weight is 411 g/mol. The number of amides is 1. The van der Waals surface area contributed by atoms with Gasteiger partial charge in [0, 0.05) is 44.4 Å². The molecule has 0 atom stereocenters. The highest BCUT2D eigenvalue weighted by atomic mass is 35.5. The van der Waals surface area contributed by atoms with Gasteiger partial charge in [0.05, 0.1) is 10.7 Å². The highest BCUT2D eigenvalue weighted by Crippen LogP contribution is 2.20. The van der Waals surface area contributed by atoms with Gasteiger partial charge in [0.25, 0.3) is 5.91 Å². The second kappa shape index (κ2) is 8.25. The van der Waals surface area contributed by atoms with Gasteiger partial charge in [-0.15, -0.1) is 0 Å². The summed E-state index contributed by atoms with van der Waals surface area (Å²) in [5.74, 6) is 0.163.